The number of halogens is 1. The van der Waals surface area contributed by atoms with E-state index in [0.717, 1.165) is 16.9 Å². The molecule has 0 bridgehead atoms. The lowest BCUT2D eigenvalue weighted by Crippen LogP contribution is -1.84. The Morgan fingerprint density at radius 2 is 1.75 bits per heavy atom. The highest BCUT2D eigenvalue weighted by molar-refractivity contribution is 6.17. The standard InChI is InChI=1S/C14H13ClO/c1-16-14-4-2-3-13(9-14)12-7-5-11(10-15)6-8-12/h2-9H,10H2,1H3. The van der Waals surface area contributed by atoms with Crippen LogP contribution in [-0.2, 0) is 5.88 Å². The maximum atomic E-state index is 5.75. The first-order valence-electron chi connectivity index (χ1n) is 5.13. The summed E-state index contributed by atoms with van der Waals surface area (Å²) in [6, 6.07) is 16.3. The van der Waals surface area contributed by atoms with Gasteiger partial charge in [0, 0.05) is 5.88 Å². The Kier molecular flexibility index (Phi) is 3.47. The molecule has 0 atom stereocenters. The average Bonchev–Trinajstić information content (AvgIpc) is 2.39. The van der Waals surface area contributed by atoms with Crippen LogP contribution in [0.1, 0.15) is 5.56 Å². The van der Waals surface area contributed by atoms with E-state index in [9.17, 15) is 0 Å². The zero-order valence-corrected chi connectivity index (χ0v) is 9.87. The second kappa shape index (κ2) is 5.04. The molecule has 16 heavy (non-hydrogen) atoms. The molecule has 0 heterocycles. The van der Waals surface area contributed by atoms with Gasteiger partial charge in [-0.2, -0.15) is 0 Å². The average molecular weight is 233 g/mol. The second-order valence-corrected chi connectivity index (χ2v) is 3.83. The fourth-order valence-electron chi connectivity index (χ4n) is 1.59. The Balaban J connectivity index is 2.34. The molecule has 0 unspecified atom stereocenters. The van der Waals surface area contributed by atoms with Crippen LogP contribution in [0, 0.1) is 0 Å². The van der Waals surface area contributed by atoms with Crippen molar-refractivity contribution in [3.8, 4) is 16.9 Å². The predicted molar refractivity (Wildman–Crippen MR) is 68.0 cm³/mol. The molecule has 2 rings (SSSR count). The molecular weight excluding hydrogens is 220 g/mol. The lowest BCUT2D eigenvalue weighted by atomic mass is 10.0. The van der Waals surface area contributed by atoms with E-state index in [0.29, 0.717) is 5.88 Å². The number of benzene rings is 2. The molecule has 0 saturated heterocycles. The number of hydrogen-bond donors (Lipinski definition) is 0. The molecule has 2 aromatic carbocycles. The maximum absolute atomic E-state index is 5.75. The topological polar surface area (TPSA) is 9.23 Å². The van der Waals surface area contributed by atoms with Crippen LogP contribution in [0.3, 0.4) is 0 Å². The van der Waals surface area contributed by atoms with Gasteiger partial charge >= 0.3 is 0 Å². The van der Waals surface area contributed by atoms with Crippen LogP contribution in [0.2, 0.25) is 0 Å². The smallest absolute Gasteiger partial charge is 0.119 e. The summed E-state index contributed by atoms with van der Waals surface area (Å²) in [4.78, 5) is 0. The Morgan fingerprint density at radius 1 is 1.00 bits per heavy atom. The van der Waals surface area contributed by atoms with Gasteiger partial charge in [0.25, 0.3) is 0 Å². The van der Waals surface area contributed by atoms with E-state index in [1.165, 1.54) is 5.56 Å². The van der Waals surface area contributed by atoms with Gasteiger partial charge in [-0.05, 0) is 28.8 Å². The van der Waals surface area contributed by atoms with E-state index in [1.54, 1.807) is 7.11 Å². The van der Waals surface area contributed by atoms with Gasteiger partial charge in [0.15, 0.2) is 0 Å². The second-order valence-electron chi connectivity index (χ2n) is 3.56. The molecular formula is C14H13ClO. The van der Waals surface area contributed by atoms with E-state index in [-0.39, 0.29) is 0 Å². The molecule has 2 heteroatoms. The molecule has 0 fully saturated rings. The van der Waals surface area contributed by atoms with E-state index in [4.69, 9.17) is 16.3 Å². The van der Waals surface area contributed by atoms with Crippen LogP contribution in [-0.4, -0.2) is 7.11 Å². The molecule has 2 aromatic rings. The van der Waals surface area contributed by atoms with Gasteiger partial charge in [-0.25, -0.2) is 0 Å². The van der Waals surface area contributed by atoms with Crippen LogP contribution < -0.4 is 4.74 Å². The quantitative estimate of drug-likeness (QED) is 0.724. The van der Waals surface area contributed by atoms with Crippen LogP contribution in [0.25, 0.3) is 11.1 Å². The van der Waals surface area contributed by atoms with E-state index in [2.05, 4.69) is 18.2 Å². The minimum Gasteiger partial charge on any atom is -0.497 e. The molecule has 0 amide bonds. The summed E-state index contributed by atoms with van der Waals surface area (Å²) in [5.41, 5.74) is 3.46. The molecule has 0 aromatic heterocycles. The maximum Gasteiger partial charge on any atom is 0.119 e. The van der Waals surface area contributed by atoms with Crippen molar-refractivity contribution in [2.24, 2.45) is 0 Å². The van der Waals surface area contributed by atoms with Crippen molar-refractivity contribution in [1.29, 1.82) is 0 Å². The highest BCUT2D eigenvalue weighted by atomic mass is 35.5. The molecule has 0 aliphatic heterocycles. The zero-order valence-electron chi connectivity index (χ0n) is 9.11. The third-order valence-corrected chi connectivity index (χ3v) is 2.82. The molecule has 0 aliphatic carbocycles. The predicted octanol–water partition coefficient (Wildman–Crippen LogP) is 4.10. The van der Waals surface area contributed by atoms with Gasteiger partial charge in [0.1, 0.15) is 5.75 Å². The van der Waals surface area contributed by atoms with Crippen LogP contribution in [0.5, 0.6) is 5.75 Å². The zero-order chi connectivity index (χ0) is 11.4. The molecule has 0 spiro atoms. The monoisotopic (exact) mass is 232 g/mol. The van der Waals surface area contributed by atoms with Crippen molar-refractivity contribution in [2.75, 3.05) is 7.11 Å². The highest BCUT2D eigenvalue weighted by Crippen LogP contribution is 2.24. The third kappa shape index (κ3) is 2.37. The minimum absolute atomic E-state index is 0.554. The first-order valence-corrected chi connectivity index (χ1v) is 5.66. The fraction of sp³-hybridized carbons (Fsp3) is 0.143. The summed E-state index contributed by atoms with van der Waals surface area (Å²) in [5.74, 6) is 1.43. The third-order valence-electron chi connectivity index (χ3n) is 2.51. The number of hydrogen-bond acceptors (Lipinski definition) is 1. The van der Waals surface area contributed by atoms with Gasteiger partial charge in [-0.15, -0.1) is 11.6 Å². The van der Waals surface area contributed by atoms with E-state index >= 15 is 0 Å². The normalized spacial score (nSPS) is 10.1. The molecule has 0 N–H and O–H groups in total. The molecule has 0 aliphatic rings. The SMILES string of the molecule is COc1cccc(-c2ccc(CCl)cc2)c1. The van der Waals surface area contributed by atoms with Gasteiger partial charge < -0.3 is 4.74 Å². The van der Waals surface area contributed by atoms with Crippen molar-refractivity contribution in [3.63, 3.8) is 0 Å². The van der Waals surface area contributed by atoms with E-state index in [1.807, 2.05) is 30.3 Å². The summed E-state index contributed by atoms with van der Waals surface area (Å²) in [6.07, 6.45) is 0. The van der Waals surface area contributed by atoms with Crippen LogP contribution in [0.4, 0.5) is 0 Å². The van der Waals surface area contributed by atoms with Crippen LogP contribution in [0.15, 0.2) is 48.5 Å². The number of alkyl halides is 1. The Bertz CT molecular complexity index is 462. The first kappa shape index (κ1) is 11.0. The van der Waals surface area contributed by atoms with Crippen molar-refractivity contribution >= 4 is 11.6 Å². The Hall–Kier alpha value is -1.47. The van der Waals surface area contributed by atoms with Gasteiger partial charge in [0.2, 0.25) is 0 Å². The molecule has 0 radical (unpaired) electrons. The van der Waals surface area contributed by atoms with E-state index < -0.39 is 0 Å². The van der Waals surface area contributed by atoms with Gasteiger partial charge in [-0.1, -0.05) is 36.4 Å². The first-order chi connectivity index (χ1) is 7.83. The summed E-state index contributed by atoms with van der Waals surface area (Å²) < 4.78 is 5.20. The number of ether oxygens (including phenoxy) is 1. The van der Waals surface area contributed by atoms with Crippen molar-refractivity contribution < 1.29 is 4.74 Å². The highest BCUT2D eigenvalue weighted by Gasteiger charge is 1.99. The van der Waals surface area contributed by atoms with Crippen molar-refractivity contribution in [1.82, 2.24) is 0 Å². The van der Waals surface area contributed by atoms with Crippen molar-refractivity contribution in [3.05, 3.63) is 54.1 Å². The largest absolute Gasteiger partial charge is 0.497 e. The summed E-state index contributed by atoms with van der Waals surface area (Å²) >= 11 is 5.75. The molecule has 82 valence electrons. The lowest BCUT2D eigenvalue weighted by molar-refractivity contribution is 0.415. The summed E-state index contributed by atoms with van der Waals surface area (Å²) in [5, 5.41) is 0. The Morgan fingerprint density at radius 3 is 2.38 bits per heavy atom. The van der Waals surface area contributed by atoms with Gasteiger partial charge in [0.05, 0.1) is 7.11 Å². The molecule has 0 saturated carbocycles. The van der Waals surface area contributed by atoms with Crippen LogP contribution >= 0.6 is 11.6 Å². The summed E-state index contributed by atoms with van der Waals surface area (Å²) in [6.45, 7) is 0. The Labute approximate surface area is 101 Å². The fourth-order valence-corrected chi connectivity index (χ4v) is 1.77. The van der Waals surface area contributed by atoms with Crippen molar-refractivity contribution in [2.45, 2.75) is 5.88 Å². The number of methoxy groups -OCH3 is 1. The molecule has 1 nitrogen and oxygen atoms in total. The minimum atomic E-state index is 0.554. The summed E-state index contributed by atoms with van der Waals surface area (Å²) in [7, 11) is 1.68. The van der Waals surface area contributed by atoms with Gasteiger partial charge in [-0.3, -0.25) is 0 Å². The lowest BCUT2D eigenvalue weighted by Gasteiger charge is -2.05. The number of rotatable bonds is 3.